The Labute approximate surface area is 98.8 Å². The number of rotatable bonds is 2. The van der Waals surface area contributed by atoms with Crippen LogP contribution in [0, 0.1) is 0 Å². The van der Waals surface area contributed by atoms with Gasteiger partial charge in [0.2, 0.25) is 0 Å². The number of nitrogens with zero attached hydrogens (tertiary/aromatic N) is 2. The van der Waals surface area contributed by atoms with Crippen LogP contribution >= 0.6 is 0 Å². The van der Waals surface area contributed by atoms with Crippen molar-refractivity contribution >= 4 is 6.29 Å². The second-order valence-corrected chi connectivity index (χ2v) is 3.97. The highest BCUT2D eigenvalue weighted by Crippen LogP contribution is 2.25. The summed E-state index contributed by atoms with van der Waals surface area (Å²) in [7, 11) is 0. The predicted molar refractivity (Wildman–Crippen MR) is 62.7 cm³/mol. The van der Waals surface area contributed by atoms with Crippen molar-refractivity contribution in [2.24, 2.45) is 0 Å². The Morgan fingerprint density at radius 2 is 2.12 bits per heavy atom. The Bertz CT molecular complexity index is 546. The minimum absolute atomic E-state index is 0.466. The number of hydrogen-bond acceptors (Lipinski definition) is 3. The predicted octanol–water partition coefficient (Wildman–Crippen LogP) is 1.89. The highest BCUT2D eigenvalue weighted by atomic mass is 16.5. The van der Waals surface area contributed by atoms with Crippen LogP contribution in [-0.4, -0.2) is 22.7 Å². The molecule has 1 aromatic carbocycles. The van der Waals surface area contributed by atoms with Crippen molar-refractivity contribution in [2.75, 3.05) is 6.61 Å². The molecule has 0 aliphatic carbocycles. The monoisotopic (exact) mass is 228 g/mol. The number of carbonyl (C=O) groups is 1. The van der Waals surface area contributed by atoms with Crippen LogP contribution < -0.4 is 0 Å². The lowest BCUT2D eigenvalue weighted by Gasteiger charge is -2.13. The Hall–Kier alpha value is -1.94. The van der Waals surface area contributed by atoms with Crippen molar-refractivity contribution in [3.05, 3.63) is 41.6 Å². The van der Waals surface area contributed by atoms with E-state index in [-0.39, 0.29) is 0 Å². The molecule has 4 heteroatoms. The van der Waals surface area contributed by atoms with Crippen molar-refractivity contribution < 1.29 is 9.53 Å². The van der Waals surface area contributed by atoms with Crippen LogP contribution in [0.3, 0.4) is 0 Å². The lowest BCUT2D eigenvalue weighted by molar-refractivity contribution is 0.0789. The van der Waals surface area contributed by atoms with Crippen LogP contribution in [0.4, 0.5) is 0 Å². The van der Waals surface area contributed by atoms with E-state index in [0.717, 1.165) is 23.2 Å². The number of benzene rings is 1. The van der Waals surface area contributed by atoms with Crippen LogP contribution in [0.25, 0.3) is 11.3 Å². The van der Waals surface area contributed by atoms with E-state index in [1.54, 1.807) is 0 Å². The highest BCUT2D eigenvalue weighted by Gasteiger charge is 2.20. The first-order valence-electron chi connectivity index (χ1n) is 5.58. The van der Waals surface area contributed by atoms with E-state index < -0.39 is 0 Å². The second kappa shape index (κ2) is 4.14. The SMILES string of the molecule is O=Cc1c(-c2ccccc2)nn2c1COCC2. The van der Waals surface area contributed by atoms with E-state index in [1.807, 2.05) is 35.0 Å². The molecule has 1 aliphatic rings. The van der Waals surface area contributed by atoms with Gasteiger partial charge >= 0.3 is 0 Å². The van der Waals surface area contributed by atoms with Gasteiger partial charge in [-0.25, -0.2) is 0 Å². The van der Waals surface area contributed by atoms with Gasteiger partial charge in [0.1, 0.15) is 5.69 Å². The van der Waals surface area contributed by atoms with Crippen molar-refractivity contribution in [1.82, 2.24) is 9.78 Å². The molecule has 0 amide bonds. The minimum Gasteiger partial charge on any atom is -0.373 e. The molecule has 0 fully saturated rings. The number of ether oxygens (including phenoxy) is 1. The van der Waals surface area contributed by atoms with Crippen LogP contribution in [0.1, 0.15) is 16.1 Å². The molecule has 4 nitrogen and oxygen atoms in total. The van der Waals surface area contributed by atoms with Crippen molar-refractivity contribution in [2.45, 2.75) is 13.2 Å². The Kier molecular flexibility index (Phi) is 2.49. The van der Waals surface area contributed by atoms with Gasteiger partial charge < -0.3 is 4.74 Å². The van der Waals surface area contributed by atoms with Gasteiger partial charge in [0, 0.05) is 5.56 Å². The summed E-state index contributed by atoms with van der Waals surface area (Å²) < 4.78 is 7.24. The van der Waals surface area contributed by atoms with Crippen molar-refractivity contribution in [1.29, 1.82) is 0 Å². The molecule has 0 spiro atoms. The van der Waals surface area contributed by atoms with Crippen LogP contribution in [0.5, 0.6) is 0 Å². The van der Waals surface area contributed by atoms with E-state index >= 15 is 0 Å². The maximum atomic E-state index is 11.2. The van der Waals surface area contributed by atoms with Crippen LogP contribution in [-0.2, 0) is 17.9 Å². The lowest BCUT2D eigenvalue weighted by atomic mass is 10.1. The van der Waals surface area contributed by atoms with Gasteiger partial charge in [-0.2, -0.15) is 5.10 Å². The van der Waals surface area contributed by atoms with Crippen molar-refractivity contribution in [3.8, 4) is 11.3 Å². The molecule has 0 unspecified atom stereocenters. The minimum atomic E-state index is 0.466. The molecule has 0 radical (unpaired) electrons. The smallest absolute Gasteiger partial charge is 0.154 e. The zero-order chi connectivity index (χ0) is 11.7. The van der Waals surface area contributed by atoms with Gasteiger partial charge in [0.25, 0.3) is 0 Å². The molecule has 0 saturated carbocycles. The van der Waals surface area contributed by atoms with Gasteiger partial charge in [-0.3, -0.25) is 9.48 Å². The summed E-state index contributed by atoms with van der Waals surface area (Å²) in [6.07, 6.45) is 0.871. The maximum Gasteiger partial charge on any atom is 0.154 e. The molecule has 2 heterocycles. The normalized spacial score (nSPS) is 14.4. The molecule has 0 N–H and O–H groups in total. The van der Waals surface area contributed by atoms with E-state index in [9.17, 15) is 4.79 Å². The average molecular weight is 228 g/mol. The molecule has 3 rings (SSSR count). The summed E-state index contributed by atoms with van der Waals surface area (Å²) in [4.78, 5) is 11.2. The summed E-state index contributed by atoms with van der Waals surface area (Å²) in [5, 5.41) is 4.50. The van der Waals surface area contributed by atoms with Gasteiger partial charge in [0.15, 0.2) is 6.29 Å². The molecular formula is C13H12N2O2. The largest absolute Gasteiger partial charge is 0.373 e. The first-order chi connectivity index (χ1) is 8.40. The summed E-state index contributed by atoms with van der Waals surface area (Å²) in [6.45, 7) is 1.83. The Balaban J connectivity index is 2.17. The van der Waals surface area contributed by atoms with Gasteiger partial charge in [0.05, 0.1) is 31.0 Å². The van der Waals surface area contributed by atoms with Gasteiger partial charge in [-0.15, -0.1) is 0 Å². The molecule has 1 aromatic heterocycles. The molecule has 0 bridgehead atoms. The summed E-state index contributed by atoms with van der Waals surface area (Å²) in [5.41, 5.74) is 3.25. The fourth-order valence-corrected chi connectivity index (χ4v) is 2.10. The number of aldehydes is 1. The first kappa shape index (κ1) is 10.2. The average Bonchev–Trinajstić information content (AvgIpc) is 2.78. The Morgan fingerprint density at radius 1 is 1.29 bits per heavy atom. The number of aromatic nitrogens is 2. The molecule has 17 heavy (non-hydrogen) atoms. The summed E-state index contributed by atoms with van der Waals surface area (Å²) >= 11 is 0. The molecule has 0 saturated heterocycles. The third-order valence-electron chi connectivity index (χ3n) is 2.95. The van der Waals surface area contributed by atoms with Crippen LogP contribution in [0.2, 0.25) is 0 Å². The molecule has 86 valence electrons. The molecule has 2 aromatic rings. The summed E-state index contributed by atoms with van der Waals surface area (Å²) in [5.74, 6) is 0. The standard InChI is InChI=1S/C13H12N2O2/c16-8-11-12-9-17-7-6-15(12)14-13(11)10-4-2-1-3-5-10/h1-5,8H,6-7,9H2. The Morgan fingerprint density at radius 3 is 2.88 bits per heavy atom. The number of carbonyl (C=O) groups excluding carboxylic acids is 1. The zero-order valence-electron chi connectivity index (χ0n) is 9.30. The number of fused-ring (bicyclic) bond motifs is 1. The second-order valence-electron chi connectivity index (χ2n) is 3.97. The van der Waals surface area contributed by atoms with Gasteiger partial charge in [-0.1, -0.05) is 30.3 Å². The fourth-order valence-electron chi connectivity index (χ4n) is 2.10. The third kappa shape index (κ3) is 1.66. The summed E-state index contributed by atoms with van der Waals surface area (Å²) in [6, 6.07) is 9.76. The van der Waals surface area contributed by atoms with E-state index in [2.05, 4.69) is 5.10 Å². The van der Waals surface area contributed by atoms with E-state index in [1.165, 1.54) is 0 Å². The first-order valence-corrected chi connectivity index (χ1v) is 5.58. The van der Waals surface area contributed by atoms with Crippen LogP contribution in [0.15, 0.2) is 30.3 Å². The zero-order valence-corrected chi connectivity index (χ0v) is 9.30. The fraction of sp³-hybridized carbons (Fsp3) is 0.231. The molecular weight excluding hydrogens is 216 g/mol. The van der Waals surface area contributed by atoms with Gasteiger partial charge in [-0.05, 0) is 0 Å². The quantitative estimate of drug-likeness (QED) is 0.737. The third-order valence-corrected chi connectivity index (χ3v) is 2.95. The maximum absolute atomic E-state index is 11.2. The highest BCUT2D eigenvalue weighted by molar-refractivity contribution is 5.87. The molecule has 1 aliphatic heterocycles. The molecule has 0 atom stereocenters. The topological polar surface area (TPSA) is 44.1 Å². The number of hydrogen-bond donors (Lipinski definition) is 0. The van der Waals surface area contributed by atoms with Crippen molar-refractivity contribution in [3.63, 3.8) is 0 Å². The lowest BCUT2D eigenvalue weighted by Crippen LogP contribution is -2.17. The van der Waals surface area contributed by atoms with E-state index in [0.29, 0.717) is 25.3 Å². The van der Waals surface area contributed by atoms with E-state index in [4.69, 9.17) is 4.74 Å².